The number of aliphatic hydroxyl groups is 1. The molecule has 0 saturated carbocycles. The Morgan fingerprint density at radius 3 is 2.94 bits per heavy atom. The van der Waals surface area contributed by atoms with E-state index in [1.165, 1.54) is 16.0 Å². The molecule has 0 bridgehead atoms. The van der Waals surface area contributed by atoms with Crippen LogP contribution >= 0.6 is 11.3 Å². The van der Waals surface area contributed by atoms with Crippen molar-refractivity contribution in [2.24, 2.45) is 0 Å². The summed E-state index contributed by atoms with van der Waals surface area (Å²) in [4.78, 5) is 1.31. The van der Waals surface area contributed by atoms with Gasteiger partial charge in [0.15, 0.2) is 0 Å². The Morgan fingerprint density at radius 1 is 1.24 bits per heavy atom. The molecule has 2 unspecified atom stereocenters. The summed E-state index contributed by atoms with van der Waals surface area (Å²) in [5, 5.41) is 15.6. The normalized spacial score (nSPS) is 22.6. The molecule has 17 heavy (non-hydrogen) atoms. The Labute approximate surface area is 105 Å². The maximum atomic E-state index is 10.1. The summed E-state index contributed by atoms with van der Waals surface area (Å²) < 4.78 is 0. The van der Waals surface area contributed by atoms with Crippen LogP contribution in [0.4, 0.5) is 0 Å². The molecule has 2 N–H and O–H groups in total. The lowest BCUT2D eigenvalue weighted by molar-refractivity contribution is 0.141. The molecule has 2 nitrogen and oxygen atoms in total. The number of nitrogens with one attached hydrogen (secondary N) is 1. The highest BCUT2D eigenvalue weighted by atomic mass is 32.1. The number of fused-ring (bicyclic) bond motifs is 1. The second-order valence-corrected chi connectivity index (χ2v) is 5.44. The van der Waals surface area contributed by atoms with Gasteiger partial charge in [-0.25, -0.2) is 0 Å². The van der Waals surface area contributed by atoms with E-state index in [-0.39, 0.29) is 12.1 Å². The minimum atomic E-state index is -0.299. The average molecular weight is 245 g/mol. The zero-order valence-corrected chi connectivity index (χ0v) is 10.3. The van der Waals surface area contributed by atoms with Crippen molar-refractivity contribution in [2.75, 3.05) is 0 Å². The van der Waals surface area contributed by atoms with Gasteiger partial charge in [-0.15, -0.1) is 11.3 Å². The second-order valence-electron chi connectivity index (χ2n) is 4.41. The van der Waals surface area contributed by atoms with Crippen LogP contribution in [0.5, 0.6) is 0 Å². The highest BCUT2D eigenvalue weighted by Gasteiger charge is 2.29. The fraction of sp³-hybridized carbons (Fsp3) is 0.286. The van der Waals surface area contributed by atoms with Gasteiger partial charge in [-0.1, -0.05) is 30.3 Å². The van der Waals surface area contributed by atoms with Gasteiger partial charge in [0.25, 0.3) is 0 Å². The van der Waals surface area contributed by atoms with Gasteiger partial charge in [0.05, 0.1) is 12.1 Å². The molecule has 2 atom stereocenters. The van der Waals surface area contributed by atoms with E-state index in [2.05, 4.69) is 35.0 Å². The molecule has 0 spiro atoms. The summed E-state index contributed by atoms with van der Waals surface area (Å²) in [6.45, 7) is 0.827. The molecule has 1 aliphatic rings. The van der Waals surface area contributed by atoms with Gasteiger partial charge in [-0.3, -0.25) is 0 Å². The molecule has 1 aromatic heterocycles. The highest BCUT2D eigenvalue weighted by molar-refractivity contribution is 7.09. The van der Waals surface area contributed by atoms with Gasteiger partial charge in [0.2, 0.25) is 0 Å². The van der Waals surface area contributed by atoms with E-state index in [1.54, 1.807) is 11.3 Å². The van der Waals surface area contributed by atoms with Crippen molar-refractivity contribution < 1.29 is 5.11 Å². The van der Waals surface area contributed by atoms with Gasteiger partial charge in [0.1, 0.15) is 0 Å². The summed E-state index contributed by atoms with van der Waals surface area (Å²) >= 11 is 1.74. The van der Waals surface area contributed by atoms with Crippen molar-refractivity contribution in [2.45, 2.75) is 25.1 Å². The van der Waals surface area contributed by atoms with Crippen LogP contribution in [0.2, 0.25) is 0 Å². The predicted octanol–water partition coefficient (Wildman–Crippen LogP) is 2.50. The van der Waals surface area contributed by atoms with Gasteiger partial charge >= 0.3 is 0 Å². The molecule has 1 aliphatic carbocycles. The minimum absolute atomic E-state index is 0.0771. The van der Waals surface area contributed by atoms with Crippen LogP contribution in [0.3, 0.4) is 0 Å². The molecule has 0 aliphatic heterocycles. The summed E-state index contributed by atoms with van der Waals surface area (Å²) in [7, 11) is 0. The van der Waals surface area contributed by atoms with Crippen LogP contribution in [-0.2, 0) is 13.0 Å². The van der Waals surface area contributed by atoms with Crippen molar-refractivity contribution in [3.8, 4) is 0 Å². The van der Waals surface area contributed by atoms with E-state index >= 15 is 0 Å². The Bertz CT molecular complexity index is 495. The number of hydrogen-bond donors (Lipinski definition) is 2. The molecular weight excluding hydrogens is 230 g/mol. The van der Waals surface area contributed by atoms with E-state index in [1.807, 2.05) is 12.1 Å². The first-order chi connectivity index (χ1) is 8.34. The standard InChI is InChI=1S/C14H15NOS/c16-13-8-10-4-1-2-6-12(10)14(13)15-9-11-5-3-7-17-11/h1-7,13-16H,8-9H2. The van der Waals surface area contributed by atoms with Crippen molar-refractivity contribution >= 4 is 11.3 Å². The lowest BCUT2D eigenvalue weighted by Crippen LogP contribution is -2.28. The van der Waals surface area contributed by atoms with Crippen molar-refractivity contribution in [3.05, 3.63) is 57.8 Å². The van der Waals surface area contributed by atoms with Crippen LogP contribution in [0.15, 0.2) is 41.8 Å². The van der Waals surface area contributed by atoms with Crippen LogP contribution in [0.25, 0.3) is 0 Å². The third-order valence-corrected chi connectivity index (χ3v) is 4.16. The van der Waals surface area contributed by atoms with Gasteiger partial charge in [0, 0.05) is 17.8 Å². The number of thiophene rings is 1. The third-order valence-electron chi connectivity index (χ3n) is 3.28. The Kier molecular flexibility index (Phi) is 2.97. The largest absolute Gasteiger partial charge is 0.391 e. The molecule has 2 aromatic rings. The molecule has 88 valence electrons. The molecule has 3 heteroatoms. The molecule has 0 amide bonds. The molecule has 0 saturated heterocycles. The third kappa shape index (κ3) is 2.14. The number of rotatable bonds is 3. The summed E-state index contributed by atoms with van der Waals surface area (Å²) in [6, 6.07) is 12.5. The topological polar surface area (TPSA) is 32.3 Å². The first-order valence-electron chi connectivity index (χ1n) is 5.86. The van der Waals surface area contributed by atoms with E-state index in [0.29, 0.717) is 0 Å². The summed E-state index contributed by atoms with van der Waals surface area (Å²) in [6.07, 6.45) is 0.463. The SMILES string of the molecule is OC1Cc2ccccc2C1NCc1cccs1. The fourth-order valence-electron chi connectivity index (χ4n) is 2.44. The maximum absolute atomic E-state index is 10.1. The van der Waals surface area contributed by atoms with Gasteiger partial charge in [-0.05, 0) is 22.6 Å². The Morgan fingerprint density at radius 2 is 2.12 bits per heavy atom. The van der Waals surface area contributed by atoms with Crippen LogP contribution < -0.4 is 5.32 Å². The van der Waals surface area contributed by atoms with E-state index < -0.39 is 0 Å². The molecule has 3 rings (SSSR count). The molecule has 1 aromatic carbocycles. The van der Waals surface area contributed by atoms with Gasteiger partial charge < -0.3 is 10.4 Å². The lowest BCUT2D eigenvalue weighted by atomic mass is 10.1. The first kappa shape index (κ1) is 11.0. The van der Waals surface area contributed by atoms with E-state index in [9.17, 15) is 5.11 Å². The smallest absolute Gasteiger partial charge is 0.0775 e. The van der Waals surface area contributed by atoms with Crippen molar-refractivity contribution in [3.63, 3.8) is 0 Å². The summed E-state index contributed by atoms with van der Waals surface area (Å²) in [5.74, 6) is 0. The maximum Gasteiger partial charge on any atom is 0.0775 e. The molecule has 0 radical (unpaired) electrons. The zero-order valence-electron chi connectivity index (χ0n) is 9.47. The highest BCUT2D eigenvalue weighted by Crippen LogP contribution is 2.31. The molecule has 1 heterocycles. The minimum Gasteiger partial charge on any atom is -0.391 e. The van der Waals surface area contributed by atoms with Crippen LogP contribution in [-0.4, -0.2) is 11.2 Å². The second kappa shape index (κ2) is 4.61. The Balaban J connectivity index is 1.75. The molecule has 0 fully saturated rings. The van der Waals surface area contributed by atoms with Crippen molar-refractivity contribution in [1.29, 1.82) is 0 Å². The first-order valence-corrected chi connectivity index (χ1v) is 6.74. The summed E-state index contributed by atoms with van der Waals surface area (Å²) in [5.41, 5.74) is 2.51. The van der Waals surface area contributed by atoms with E-state index in [4.69, 9.17) is 0 Å². The van der Waals surface area contributed by atoms with E-state index in [0.717, 1.165) is 13.0 Å². The van der Waals surface area contributed by atoms with Crippen molar-refractivity contribution in [1.82, 2.24) is 5.32 Å². The fourth-order valence-corrected chi connectivity index (χ4v) is 3.10. The lowest BCUT2D eigenvalue weighted by Gasteiger charge is -2.17. The quantitative estimate of drug-likeness (QED) is 0.871. The average Bonchev–Trinajstić information content (AvgIpc) is 2.93. The monoisotopic (exact) mass is 245 g/mol. The van der Waals surface area contributed by atoms with Crippen LogP contribution in [0, 0.1) is 0 Å². The zero-order chi connectivity index (χ0) is 11.7. The predicted molar refractivity (Wildman–Crippen MR) is 70.1 cm³/mol. The number of benzene rings is 1. The molecular formula is C14H15NOS. The number of aliphatic hydroxyl groups excluding tert-OH is 1. The number of hydrogen-bond acceptors (Lipinski definition) is 3. The van der Waals surface area contributed by atoms with Gasteiger partial charge in [-0.2, -0.15) is 0 Å². The Hall–Kier alpha value is -1.16. The van der Waals surface area contributed by atoms with Crippen LogP contribution in [0.1, 0.15) is 22.0 Å².